The number of aromatic nitrogens is 5. The zero-order chi connectivity index (χ0) is 15.8. The number of fused-ring (bicyclic) bond motifs is 1. The molecule has 0 amide bonds. The molecule has 0 aliphatic heterocycles. The standard InChI is InChI=1S/C15H10ClN5O2/c16-10-3-1-4-12(7-10)21-9-11(18-19-21)8-20-14-13(23-15(20)22)5-2-6-17-14/h1-7,9H,8H2. The number of benzene rings is 1. The van der Waals surface area contributed by atoms with E-state index in [1.807, 2.05) is 12.1 Å². The van der Waals surface area contributed by atoms with E-state index in [0.29, 0.717) is 21.9 Å². The van der Waals surface area contributed by atoms with E-state index >= 15 is 0 Å². The summed E-state index contributed by atoms with van der Waals surface area (Å²) in [6.07, 6.45) is 3.34. The maximum absolute atomic E-state index is 11.9. The lowest BCUT2D eigenvalue weighted by atomic mass is 10.3. The molecule has 114 valence electrons. The van der Waals surface area contributed by atoms with Gasteiger partial charge in [-0.3, -0.25) is 4.57 Å². The van der Waals surface area contributed by atoms with Gasteiger partial charge in [0, 0.05) is 11.2 Å². The molecule has 7 nitrogen and oxygen atoms in total. The van der Waals surface area contributed by atoms with Crippen LogP contribution in [0.2, 0.25) is 5.02 Å². The lowest BCUT2D eigenvalue weighted by molar-refractivity contribution is 0.515. The van der Waals surface area contributed by atoms with Gasteiger partial charge in [0.15, 0.2) is 11.2 Å². The summed E-state index contributed by atoms with van der Waals surface area (Å²) < 4.78 is 8.17. The number of rotatable bonds is 3. The minimum atomic E-state index is -0.476. The quantitative estimate of drug-likeness (QED) is 0.576. The Morgan fingerprint density at radius 1 is 1.22 bits per heavy atom. The van der Waals surface area contributed by atoms with Crippen LogP contribution in [-0.2, 0) is 6.54 Å². The van der Waals surface area contributed by atoms with E-state index in [2.05, 4.69) is 15.3 Å². The van der Waals surface area contributed by atoms with E-state index in [1.54, 1.807) is 41.3 Å². The topological polar surface area (TPSA) is 78.7 Å². The van der Waals surface area contributed by atoms with Crippen LogP contribution in [0.25, 0.3) is 16.9 Å². The van der Waals surface area contributed by atoms with Gasteiger partial charge in [0.25, 0.3) is 0 Å². The first-order chi connectivity index (χ1) is 11.2. The van der Waals surface area contributed by atoms with Gasteiger partial charge < -0.3 is 4.42 Å². The van der Waals surface area contributed by atoms with Crippen molar-refractivity contribution in [2.24, 2.45) is 0 Å². The molecule has 0 aliphatic carbocycles. The minimum absolute atomic E-state index is 0.226. The zero-order valence-corrected chi connectivity index (χ0v) is 12.5. The summed E-state index contributed by atoms with van der Waals surface area (Å²) >= 11 is 5.98. The molecule has 0 bridgehead atoms. The highest BCUT2D eigenvalue weighted by Gasteiger charge is 2.12. The van der Waals surface area contributed by atoms with Crippen LogP contribution >= 0.6 is 11.6 Å². The Morgan fingerprint density at radius 3 is 3.00 bits per heavy atom. The normalized spacial score (nSPS) is 11.2. The van der Waals surface area contributed by atoms with Gasteiger partial charge in [-0.25, -0.2) is 14.5 Å². The molecule has 0 unspecified atom stereocenters. The van der Waals surface area contributed by atoms with Crippen molar-refractivity contribution in [3.63, 3.8) is 0 Å². The molecule has 4 aromatic rings. The van der Waals surface area contributed by atoms with E-state index in [9.17, 15) is 4.79 Å². The zero-order valence-electron chi connectivity index (χ0n) is 11.8. The van der Waals surface area contributed by atoms with Crippen molar-refractivity contribution in [1.29, 1.82) is 0 Å². The van der Waals surface area contributed by atoms with Gasteiger partial charge in [-0.1, -0.05) is 22.9 Å². The number of nitrogens with zero attached hydrogens (tertiary/aromatic N) is 5. The van der Waals surface area contributed by atoms with E-state index < -0.39 is 5.76 Å². The molecule has 1 aromatic carbocycles. The second-order valence-corrected chi connectivity index (χ2v) is 5.35. The Morgan fingerprint density at radius 2 is 2.13 bits per heavy atom. The van der Waals surface area contributed by atoms with Crippen LogP contribution in [0.5, 0.6) is 0 Å². The molecule has 0 aliphatic rings. The molecule has 0 atom stereocenters. The molecule has 23 heavy (non-hydrogen) atoms. The van der Waals surface area contributed by atoms with E-state index in [-0.39, 0.29) is 6.54 Å². The van der Waals surface area contributed by atoms with Gasteiger partial charge in [-0.2, -0.15) is 0 Å². The van der Waals surface area contributed by atoms with Crippen molar-refractivity contribution in [1.82, 2.24) is 24.5 Å². The predicted octanol–water partition coefficient (Wildman–Crippen LogP) is 2.27. The molecule has 0 saturated heterocycles. The summed E-state index contributed by atoms with van der Waals surface area (Å²) in [5.74, 6) is -0.476. The molecule has 3 heterocycles. The fraction of sp³-hybridized carbons (Fsp3) is 0.0667. The molecule has 3 aromatic heterocycles. The monoisotopic (exact) mass is 327 g/mol. The van der Waals surface area contributed by atoms with Crippen LogP contribution < -0.4 is 5.76 Å². The maximum Gasteiger partial charge on any atom is 0.421 e. The van der Waals surface area contributed by atoms with Gasteiger partial charge >= 0.3 is 5.76 Å². The van der Waals surface area contributed by atoms with E-state index in [0.717, 1.165) is 5.69 Å². The van der Waals surface area contributed by atoms with Crippen molar-refractivity contribution < 1.29 is 4.42 Å². The number of hydrogen-bond acceptors (Lipinski definition) is 5. The molecular weight excluding hydrogens is 318 g/mol. The Balaban J connectivity index is 1.70. The molecule has 0 N–H and O–H groups in total. The van der Waals surface area contributed by atoms with Crippen LogP contribution in [0.15, 0.2) is 58.0 Å². The summed E-state index contributed by atoms with van der Waals surface area (Å²) in [5.41, 5.74) is 2.33. The maximum atomic E-state index is 11.9. The fourth-order valence-electron chi connectivity index (χ4n) is 2.32. The van der Waals surface area contributed by atoms with E-state index in [1.165, 1.54) is 4.57 Å². The molecule has 0 radical (unpaired) electrons. The minimum Gasteiger partial charge on any atom is -0.406 e. The van der Waals surface area contributed by atoms with Crippen molar-refractivity contribution >= 4 is 22.8 Å². The SMILES string of the molecule is O=c1oc2cccnc2n1Cc1cn(-c2cccc(Cl)c2)nn1. The fourth-order valence-corrected chi connectivity index (χ4v) is 2.50. The highest BCUT2D eigenvalue weighted by atomic mass is 35.5. The summed E-state index contributed by atoms with van der Waals surface area (Å²) in [6.45, 7) is 0.226. The van der Waals surface area contributed by atoms with Crippen LogP contribution in [0.4, 0.5) is 0 Å². The molecule has 8 heteroatoms. The molecule has 4 rings (SSSR count). The summed E-state index contributed by atoms with van der Waals surface area (Å²) in [6, 6.07) is 10.7. The molecule has 0 fully saturated rings. The summed E-state index contributed by atoms with van der Waals surface area (Å²) in [5, 5.41) is 8.76. The Hall–Kier alpha value is -2.93. The first kappa shape index (κ1) is 13.7. The molecular formula is C15H10ClN5O2. The first-order valence-electron chi connectivity index (χ1n) is 6.82. The smallest absolute Gasteiger partial charge is 0.406 e. The summed E-state index contributed by atoms with van der Waals surface area (Å²) in [7, 11) is 0. The lowest BCUT2D eigenvalue weighted by Crippen LogP contribution is -2.15. The number of hydrogen-bond donors (Lipinski definition) is 0. The Kier molecular flexibility index (Phi) is 3.20. The number of halogens is 1. The van der Waals surface area contributed by atoms with Gasteiger partial charge in [0.05, 0.1) is 18.4 Å². The molecule has 0 spiro atoms. The highest BCUT2D eigenvalue weighted by molar-refractivity contribution is 6.30. The van der Waals surface area contributed by atoms with E-state index in [4.69, 9.17) is 16.0 Å². The van der Waals surface area contributed by atoms with Gasteiger partial charge in [-0.05, 0) is 30.3 Å². The third-order valence-electron chi connectivity index (χ3n) is 3.36. The third-order valence-corrected chi connectivity index (χ3v) is 3.59. The van der Waals surface area contributed by atoms with Crippen LogP contribution in [0, 0.1) is 0 Å². The van der Waals surface area contributed by atoms with Crippen molar-refractivity contribution in [3.8, 4) is 5.69 Å². The van der Waals surface area contributed by atoms with Gasteiger partial charge in [0.1, 0.15) is 5.69 Å². The Labute approximate surface area is 134 Å². The average molecular weight is 328 g/mol. The van der Waals surface area contributed by atoms with Crippen LogP contribution in [0.3, 0.4) is 0 Å². The molecule has 0 saturated carbocycles. The highest BCUT2D eigenvalue weighted by Crippen LogP contribution is 2.15. The van der Waals surface area contributed by atoms with Crippen molar-refractivity contribution in [2.45, 2.75) is 6.54 Å². The van der Waals surface area contributed by atoms with Gasteiger partial charge in [-0.15, -0.1) is 5.10 Å². The van der Waals surface area contributed by atoms with Gasteiger partial charge in [0.2, 0.25) is 0 Å². The van der Waals surface area contributed by atoms with Crippen molar-refractivity contribution in [3.05, 3.63) is 70.1 Å². The summed E-state index contributed by atoms with van der Waals surface area (Å²) in [4.78, 5) is 16.1. The predicted molar refractivity (Wildman–Crippen MR) is 83.7 cm³/mol. The second-order valence-electron chi connectivity index (χ2n) is 4.91. The van der Waals surface area contributed by atoms with Crippen molar-refractivity contribution in [2.75, 3.05) is 0 Å². The number of pyridine rings is 1. The lowest BCUT2D eigenvalue weighted by Gasteiger charge is -1.99. The third kappa shape index (κ3) is 2.51. The average Bonchev–Trinajstić information content (AvgIpc) is 3.13. The number of oxazole rings is 1. The van der Waals surface area contributed by atoms with Crippen LogP contribution in [-0.4, -0.2) is 24.5 Å². The Bertz CT molecular complexity index is 1050. The largest absolute Gasteiger partial charge is 0.421 e. The first-order valence-corrected chi connectivity index (χ1v) is 7.20. The van der Waals surface area contributed by atoms with Crippen LogP contribution in [0.1, 0.15) is 5.69 Å². The second kappa shape index (κ2) is 5.36.